The zero-order valence-electron chi connectivity index (χ0n) is 10.1. The molecule has 0 bridgehead atoms. The molecule has 96 valence electrons. The average molecular weight is 241 g/mol. The fourth-order valence-corrected chi connectivity index (χ4v) is 1.31. The Morgan fingerprint density at radius 1 is 1.65 bits per heavy atom. The van der Waals surface area contributed by atoms with Crippen LogP contribution in [0.2, 0.25) is 0 Å². The van der Waals surface area contributed by atoms with E-state index in [1.54, 1.807) is 13.3 Å². The average Bonchev–Trinajstić information content (AvgIpc) is 2.74. The Balaban J connectivity index is 2.30. The van der Waals surface area contributed by atoms with Gasteiger partial charge in [-0.2, -0.15) is 0 Å². The second kappa shape index (κ2) is 7.75. The number of hydrogen-bond acceptors (Lipinski definition) is 5. The third-order valence-electron chi connectivity index (χ3n) is 2.16. The van der Waals surface area contributed by atoms with Crippen LogP contribution in [-0.4, -0.2) is 47.7 Å². The first-order chi connectivity index (χ1) is 8.26. The molecule has 0 aromatic carbocycles. The molecule has 17 heavy (non-hydrogen) atoms. The summed E-state index contributed by atoms with van der Waals surface area (Å²) in [5, 5.41) is 10.5. The van der Waals surface area contributed by atoms with Gasteiger partial charge in [-0.05, 0) is 19.4 Å². The van der Waals surface area contributed by atoms with Gasteiger partial charge in [0.05, 0.1) is 12.3 Å². The van der Waals surface area contributed by atoms with Gasteiger partial charge in [0.1, 0.15) is 6.54 Å². The number of nitrogens with two attached hydrogens (primary N) is 1. The summed E-state index contributed by atoms with van der Waals surface area (Å²) in [6, 6.07) is 0. The third kappa shape index (κ3) is 5.41. The third-order valence-corrected chi connectivity index (χ3v) is 2.16. The van der Waals surface area contributed by atoms with E-state index in [0.29, 0.717) is 19.7 Å². The van der Waals surface area contributed by atoms with Crippen molar-refractivity contribution < 1.29 is 9.53 Å². The first-order valence-corrected chi connectivity index (χ1v) is 5.61. The van der Waals surface area contributed by atoms with Crippen molar-refractivity contribution in [3.8, 4) is 0 Å². The molecule has 1 aromatic rings. The smallest absolute Gasteiger partial charge is 0.241 e. The molecular formula is C10H19N5O2. The van der Waals surface area contributed by atoms with Gasteiger partial charge in [-0.1, -0.05) is 5.21 Å². The van der Waals surface area contributed by atoms with Crippen LogP contribution in [0.15, 0.2) is 6.20 Å². The summed E-state index contributed by atoms with van der Waals surface area (Å²) < 4.78 is 6.35. The lowest BCUT2D eigenvalue weighted by molar-refractivity contribution is -0.122. The van der Waals surface area contributed by atoms with E-state index in [-0.39, 0.29) is 12.5 Å². The molecule has 1 amide bonds. The van der Waals surface area contributed by atoms with Crippen molar-refractivity contribution in [1.82, 2.24) is 20.3 Å². The number of carbonyl (C=O) groups excluding carboxylic acids is 1. The summed E-state index contributed by atoms with van der Waals surface area (Å²) in [6.07, 6.45) is 3.44. The maximum Gasteiger partial charge on any atom is 0.241 e. The molecule has 0 aliphatic carbocycles. The Morgan fingerprint density at radius 3 is 3.18 bits per heavy atom. The summed E-state index contributed by atoms with van der Waals surface area (Å²) >= 11 is 0. The van der Waals surface area contributed by atoms with Crippen LogP contribution in [-0.2, 0) is 22.5 Å². The van der Waals surface area contributed by atoms with Gasteiger partial charge in [0, 0.05) is 19.9 Å². The van der Waals surface area contributed by atoms with Crippen LogP contribution >= 0.6 is 0 Å². The van der Waals surface area contributed by atoms with Gasteiger partial charge in [0.2, 0.25) is 5.91 Å². The molecule has 0 radical (unpaired) electrons. The van der Waals surface area contributed by atoms with Gasteiger partial charge in [-0.25, -0.2) is 4.68 Å². The van der Waals surface area contributed by atoms with E-state index in [2.05, 4.69) is 15.6 Å². The van der Waals surface area contributed by atoms with Crippen molar-refractivity contribution >= 4 is 5.91 Å². The number of amides is 1. The highest BCUT2D eigenvalue weighted by Gasteiger charge is 2.05. The lowest BCUT2D eigenvalue weighted by Crippen LogP contribution is -2.30. The number of aryl methyl sites for hydroxylation is 1. The fraction of sp³-hybridized carbons (Fsp3) is 0.700. The Kier molecular flexibility index (Phi) is 6.19. The molecule has 1 aromatic heterocycles. The molecule has 1 heterocycles. The molecule has 0 fully saturated rings. The fourth-order valence-electron chi connectivity index (χ4n) is 1.31. The summed E-state index contributed by atoms with van der Waals surface area (Å²) in [6.45, 7) is 1.82. The molecule has 0 unspecified atom stereocenters. The summed E-state index contributed by atoms with van der Waals surface area (Å²) in [7, 11) is 1.59. The van der Waals surface area contributed by atoms with E-state index in [0.717, 1.165) is 18.5 Å². The topological polar surface area (TPSA) is 95.1 Å². The first-order valence-electron chi connectivity index (χ1n) is 5.61. The van der Waals surface area contributed by atoms with Crippen molar-refractivity contribution in [3.63, 3.8) is 0 Å². The lowest BCUT2D eigenvalue weighted by atomic mass is 10.2. The SMILES string of the molecule is COCCNC(=O)Cn1cc(CCCN)nn1. The molecule has 0 aliphatic heterocycles. The Morgan fingerprint density at radius 2 is 2.47 bits per heavy atom. The van der Waals surface area contributed by atoms with Gasteiger partial charge >= 0.3 is 0 Å². The Labute approximate surface area is 100 Å². The Bertz CT molecular complexity index is 339. The largest absolute Gasteiger partial charge is 0.383 e. The van der Waals surface area contributed by atoms with E-state index in [9.17, 15) is 4.79 Å². The van der Waals surface area contributed by atoms with Crippen LogP contribution in [0, 0.1) is 0 Å². The second-order valence-electron chi connectivity index (χ2n) is 3.64. The quantitative estimate of drug-likeness (QED) is 0.565. The summed E-state index contributed by atoms with van der Waals surface area (Å²) in [5.74, 6) is -0.0997. The van der Waals surface area contributed by atoms with Crippen LogP contribution in [0.25, 0.3) is 0 Å². The van der Waals surface area contributed by atoms with Crippen LogP contribution in [0.3, 0.4) is 0 Å². The van der Waals surface area contributed by atoms with Crippen molar-refractivity contribution in [1.29, 1.82) is 0 Å². The lowest BCUT2D eigenvalue weighted by Gasteiger charge is -2.03. The second-order valence-corrected chi connectivity index (χ2v) is 3.64. The highest BCUT2D eigenvalue weighted by Crippen LogP contribution is 1.96. The molecule has 7 heteroatoms. The predicted octanol–water partition coefficient (Wildman–Crippen LogP) is -1.07. The van der Waals surface area contributed by atoms with Gasteiger partial charge in [-0.15, -0.1) is 5.10 Å². The van der Waals surface area contributed by atoms with Gasteiger partial charge in [0.25, 0.3) is 0 Å². The predicted molar refractivity (Wildman–Crippen MR) is 62.3 cm³/mol. The van der Waals surface area contributed by atoms with Crippen molar-refractivity contribution in [3.05, 3.63) is 11.9 Å². The zero-order valence-corrected chi connectivity index (χ0v) is 10.1. The molecule has 0 saturated carbocycles. The number of hydrogen-bond donors (Lipinski definition) is 2. The summed E-state index contributed by atoms with van der Waals surface area (Å²) in [4.78, 5) is 11.4. The number of carbonyl (C=O) groups is 1. The number of nitrogens with zero attached hydrogens (tertiary/aromatic N) is 3. The number of aromatic nitrogens is 3. The number of nitrogens with one attached hydrogen (secondary N) is 1. The molecule has 0 atom stereocenters. The molecule has 7 nitrogen and oxygen atoms in total. The zero-order chi connectivity index (χ0) is 12.5. The molecule has 3 N–H and O–H groups in total. The van der Waals surface area contributed by atoms with E-state index < -0.39 is 0 Å². The minimum absolute atomic E-state index is 0.0997. The minimum Gasteiger partial charge on any atom is -0.383 e. The van der Waals surface area contributed by atoms with Crippen LogP contribution in [0.5, 0.6) is 0 Å². The molecule has 0 aliphatic rings. The van der Waals surface area contributed by atoms with Crippen LogP contribution < -0.4 is 11.1 Å². The normalized spacial score (nSPS) is 10.5. The monoisotopic (exact) mass is 241 g/mol. The van der Waals surface area contributed by atoms with Gasteiger partial charge in [0.15, 0.2) is 0 Å². The minimum atomic E-state index is -0.0997. The molecule has 0 saturated heterocycles. The van der Waals surface area contributed by atoms with Crippen molar-refractivity contribution in [2.45, 2.75) is 19.4 Å². The Hall–Kier alpha value is -1.47. The van der Waals surface area contributed by atoms with Gasteiger partial charge in [-0.3, -0.25) is 4.79 Å². The van der Waals surface area contributed by atoms with E-state index in [1.165, 1.54) is 4.68 Å². The molecule has 1 rings (SSSR count). The van der Waals surface area contributed by atoms with Crippen LogP contribution in [0.1, 0.15) is 12.1 Å². The maximum atomic E-state index is 11.4. The number of methoxy groups -OCH3 is 1. The molecule has 0 spiro atoms. The van der Waals surface area contributed by atoms with Crippen molar-refractivity contribution in [2.24, 2.45) is 5.73 Å². The van der Waals surface area contributed by atoms with E-state index in [4.69, 9.17) is 10.5 Å². The van der Waals surface area contributed by atoms with Crippen LogP contribution in [0.4, 0.5) is 0 Å². The summed E-state index contributed by atoms with van der Waals surface area (Å²) in [5.41, 5.74) is 6.26. The maximum absolute atomic E-state index is 11.4. The highest BCUT2D eigenvalue weighted by atomic mass is 16.5. The number of ether oxygens (including phenoxy) is 1. The standard InChI is InChI=1S/C10H19N5O2/c1-17-6-5-12-10(16)8-15-7-9(13-14-15)3-2-4-11/h7H,2-6,8,11H2,1H3,(H,12,16). The highest BCUT2D eigenvalue weighted by molar-refractivity contribution is 5.75. The van der Waals surface area contributed by atoms with E-state index in [1.807, 2.05) is 0 Å². The van der Waals surface area contributed by atoms with Gasteiger partial charge < -0.3 is 15.8 Å². The molecular weight excluding hydrogens is 222 g/mol. The number of rotatable bonds is 8. The first kappa shape index (κ1) is 13.6. The van der Waals surface area contributed by atoms with E-state index >= 15 is 0 Å². The van der Waals surface area contributed by atoms with Crippen molar-refractivity contribution in [2.75, 3.05) is 26.8 Å².